The molecule has 2 aliphatic heterocycles. The van der Waals surface area contributed by atoms with Gasteiger partial charge in [-0.2, -0.15) is 0 Å². The molecular weight excluding hydrogens is 473 g/mol. The van der Waals surface area contributed by atoms with Crippen molar-refractivity contribution in [2.45, 2.75) is 31.4 Å². The Morgan fingerprint density at radius 3 is 2.08 bits per heavy atom. The molecule has 36 heavy (non-hydrogen) atoms. The lowest BCUT2D eigenvalue weighted by atomic mass is 9.87. The Morgan fingerprint density at radius 1 is 0.889 bits per heavy atom. The third kappa shape index (κ3) is 6.92. The van der Waals surface area contributed by atoms with E-state index in [0.29, 0.717) is 56.6 Å². The van der Waals surface area contributed by atoms with Gasteiger partial charge in [-0.1, -0.05) is 0 Å². The van der Waals surface area contributed by atoms with E-state index in [4.69, 9.17) is 19.8 Å². The molecule has 11 heteroatoms. The summed E-state index contributed by atoms with van der Waals surface area (Å²) in [5, 5.41) is 25.4. The number of aliphatic hydroxyl groups excluding tert-OH is 1. The second-order valence-corrected chi connectivity index (χ2v) is 8.71. The number of nitrogens with zero attached hydrogens (tertiary/aromatic N) is 3. The summed E-state index contributed by atoms with van der Waals surface area (Å²) in [7, 11) is 0. The van der Waals surface area contributed by atoms with E-state index < -0.39 is 18.0 Å². The molecular formula is C25H28FN3O7. The number of amides is 1. The van der Waals surface area contributed by atoms with Gasteiger partial charge in [-0.3, -0.25) is 19.5 Å². The summed E-state index contributed by atoms with van der Waals surface area (Å²) < 4.78 is 13.1. The minimum atomic E-state index is -1.82. The fourth-order valence-electron chi connectivity index (χ4n) is 4.48. The van der Waals surface area contributed by atoms with E-state index in [1.807, 2.05) is 0 Å². The quantitative estimate of drug-likeness (QED) is 0.419. The van der Waals surface area contributed by atoms with Crippen LogP contribution in [-0.2, 0) is 9.59 Å². The largest absolute Gasteiger partial charge is 0.473 e. The van der Waals surface area contributed by atoms with Crippen LogP contribution >= 0.6 is 0 Å². The Labute approximate surface area is 207 Å². The third-order valence-corrected chi connectivity index (χ3v) is 6.42. The smallest absolute Gasteiger partial charge is 0.414 e. The highest BCUT2D eigenvalue weighted by Gasteiger charge is 2.37. The zero-order chi connectivity index (χ0) is 26.2. The average Bonchev–Trinajstić information content (AvgIpc) is 2.89. The summed E-state index contributed by atoms with van der Waals surface area (Å²) >= 11 is 0. The fourth-order valence-corrected chi connectivity index (χ4v) is 4.48. The van der Waals surface area contributed by atoms with Crippen LogP contribution in [0.15, 0.2) is 48.8 Å². The molecule has 0 bridgehead atoms. The third-order valence-electron chi connectivity index (χ3n) is 6.42. The molecule has 192 valence electrons. The number of Topliss-reactive ketones (excluding diaryl/α,β-unsaturated/α-hetero) is 1. The number of aliphatic hydroxyl groups is 1. The van der Waals surface area contributed by atoms with Gasteiger partial charge in [0.15, 0.2) is 5.78 Å². The first-order valence-corrected chi connectivity index (χ1v) is 11.5. The number of carbonyl (C=O) groups is 4. The number of hydrogen-bond donors (Lipinski definition) is 3. The number of rotatable bonds is 4. The first-order valence-electron chi connectivity index (χ1n) is 11.5. The summed E-state index contributed by atoms with van der Waals surface area (Å²) in [5.41, 5.74) is 1.09. The van der Waals surface area contributed by atoms with Crippen LogP contribution in [0.4, 0.5) is 4.39 Å². The van der Waals surface area contributed by atoms with Crippen LogP contribution in [0, 0.1) is 11.7 Å². The van der Waals surface area contributed by atoms with Crippen molar-refractivity contribution in [3.63, 3.8) is 0 Å². The molecule has 1 amide bonds. The normalized spacial score (nSPS) is 20.7. The highest BCUT2D eigenvalue weighted by molar-refractivity contribution is 6.27. The summed E-state index contributed by atoms with van der Waals surface area (Å²) in [4.78, 5) is 51.7. The van der Waals surface area contributed by atoms with Crippen molar-refractivity contribution >= 4 is 23.6 Å². The van der Waals surface area contributed by atoms with Gasteiger partial charge in [0.2, 0.25) is 0 Å². The molecule has 0 aliphatic carbocycles. The monoisotopic (exact) mass is 501 g/mol. The van der Waals surface area contributed by atoms with Crippen molar-refractivity contribution < 1.29 is 38.9 Å². The Bertz CT molecular complexity index is 1060. The van der Waals surface area contributed by atoms with Gasteiger partial charge in [0.1, 0.15) is 5.82 Å². The van der Waals surface area contributed by atoms with E-state index in [1.165, 1.54) is 24.3 Å². The topological polar surface area (TPSA) is 148 Å². The minimum absolute atomic E-state index is 0.0484. The molecule has 3 heterocycles. The zero-order valence-corrected chi connectivity index (χ0v) is 19.5. The number of hydrogen-bond acceptors (Lipinski definition) is 7. The average molecular weight is 502 g/mol. The number of carbonyl (C=O) groups excluding carboxylic acids is 2. The lowest BCUT2D eigenvalue weighted by Crippen LogP contribution is -2.58. The zero-order valence-electron chi connectivity index (χ0n) is 19.5. The lowest BCUT2D eigenvalue weighted by Gasteiger charge is -2.44. The van der Waals surface area contributed by atoms with E-state index >= 15 is 0 Å². The summed E-state index contributed by atoms with van der Waals surface area (Å²) in [6.45, 7) is 2.36. The number of benzene rings is 1. The maximum absolute atomic E-state index is 13.1. The van der Waals surface area contributed by atoms with Crippen molar-refractivity contribution in [2.24, 2.45) is 5.92 Å². The SMILES string of the molecule is O=C(O)C(=O)O.O=C(c1ccc(F)cc1)C1CCN([C@@H]2CN(C(=O)c3cccnc3)CC[C@H]2O)CC1. The van der Waals surface area contributed by atoms with E-state index in [9.17, 15) is 19.1 Å². The highest BCUT2D eigenvalue weighted by Crippen LogP contribution is 2.26. The minimum Gasteiger partial charge on any atom is -0.473 e. The Morgan fingerprint density at radius 2 is 1.53 bits per heavy atom. The van der Waals surface area contributed by atoms with Crippen LogP contribution in [-0.4, -0.2) is 92.1 Å². The predicted octanol–water partition coefficient (Wildman–Crippen LogP) is 1.55. The molecule has 2 aliphatic rings. The number of carboxylic acids is 2. The van der Waals surface area contributed by atoms with E-state index in [2.05, 4.69) is 9.88 Å². The molecule has 10 nitrogen and oxygen atoms in total. The number of halogens is 1. The molecule has 3 N–H and O–H groups in total. The maximum atomic E-state index is 13.1. The van der Waals surface area contributed by atoms with Gasteiger partial charge >= 0.3 is 11.9 Å². The number of aliphatic carboxylic acids is 2. The molecule has 0 spiro atoms. The summed E-state index contributed by atoms with van der Waals surface area (Å²) in [6, 6.07) is 9.06. The molecule has 1 aromatic heterocycles. The molecule has 0 radical (unpaired) electrons. The lowest BCUT2D eigenvalue weighted by molar-refractivity contribution is -0.159. The van der Waals surface area contributed by atoms with Gasteiger partial charge in [0, 0.05) is 37.0 Å². The number of pyridine rings is 1. The van der Waals surface area contributed by atoms with Crippen LogP contribution in [0.1, 0.15) is 40.0 Å². The van der Waals surface area contributed by atoms with Gasteiger partial charge < -0.3 is 20.2 Å². The number of carboxylic acid groups (broad SMARTS) is 2. The first kappa shape index (κ1) is 26.9. The Balaban J connectivity index is 0.000000538. The summed E-state index contributed by atoms with van der Waals surface area (Å²) in [5.74, 6) is -4.11. The maximum Gasteiger partial charge on any atom is 0.414 e. The van der Waals surface area contributed by atoms with Crippen LogP contribution in [0.5, 0.6) is 0 Å². The van der Waals surface area contributed by atoms with Gasteiger partial charge in [0.05, 0.1) is 17.7 Å². The van der Waals surface area contributed by atoms with Crippen LogP contribution in [0.2, 0.25) is 0 Å². The Hall–Kier alpha value is -3.70. The van der Waals surface area contributed by atoms with Crippen molar-refractivity contribution in [1.29, 1.82) is 0 Å². The van der Waals surface area contributed by atoms with Crippen molar-refractivity contribution in [1.82, 2.24) is 14.8 Å². The Kier molecular flexibility index (Phi) is 9.20. The van der Waals surface area contributed by atoms with E-state index in [-0.39, 0.29) is 29.5 Å². The number of piperidine rings is 2. The van der Waals surface area contributed by atoms with Gasteiger partial charge in [0.25, 0.3) is 5.91 Å². The van der Waals surface area contributed by atoms with Crippen LogP contribution in [0.3, 0.4) is 0 Å². The second kappa shape index (κ2) is 12.3. The molecule has 4 rings (SSSR count). The predicted molar refractivity (Wildman–Crippen MR) is 125 cm³/mol. The fraction of sp³-hybridized carbons (Fsp3) is 0.400. The van der Waals surface area contributed by atoms with Crippen molar-refractivity contribution in [2.75, 3.05) is 26.2 Å². The molecule has 1 aromatic carbocycles. The summed E-state index contributed by atoms with van der Waals surface area (Å²) in [6.07, 6.45) is 4.62. The first-order chi connectivity index (χ1) is 17.2. The van der Waals surface area contributed by atoms with Crippen LogP contribution < -0.4 is 0 Å². The standard InChI is InChI=1S/C23H26FN3O3.C2H2O4/c24-19-5-3-16(4-6-19)22(29)17-7-11-26(12-8-17)20-15-27(13-9-21(20)28)23(30)18-2-1-10-25-14-18;3-1(4)2(5)6/h1-6,10,14,17,20-21,28H,7-9,11-13,15H2;(H,3,4)(H,5,6)/t20-,21-;/m1./s1. The second-order valence-electron chi connectivity index (χ2n) is 8.71. The molecule has 0 unspecified atom stereocenters. The molecule has 2 saturated heterocycles. The van der Waals surface area contributed by atoms with E-state index in [0.717, 1.165) is 0 Å². The van der Waals surface area contributed by atoms with Crippen molar-refractivity contribution in [3.05, 3.63) is 65.7 Å². The number of likely N-dealkylation sites (tertiary alicyclic amines) is 2. The molecule has 2 atom stereocenters. The molecule has 2 aromatic rings. The van der Waals surface area contributed by atoms with Crippen molar-refractivity contribution in [3.8, 4) is 0 Å². The van der Waals surface area contributed by atoms with E-state index in [1.54, 1.807) is 29.4 Å². The van der Waals surface area contributed by atoms with Gasteiger partial charge in [-0.05, 0) is 68.8 Å². The number of ketones is 1. The van der Waals surface area contributed by atoms with Gasteiger partial charge in [-0.15, -0.1) is 0 Å². The van der Waals surface area contributed by atoms with Crippen LogP contribution in [0.25, 0.3) is 0 Å². The molecule has 2 fully saturated rings. The number of aromatic nitrogens is 1. The van der Waals surface area contributed by atoms with Gasteiger partial charge in [-0.25, -0.2) is 14.0 Å². The highest BCUT2D eigenvalue weighted by atomic mass is 19.1. The molecule has 0 saturated carbocycles.